The summed E-state index contributed by atoms with van der Waals surface area (Å²) >= 11 is 4.95. The van der Waals surface area contributed by atoms with Crippen LogP contribution in [0, 0.1) is 0 Å². The number of urea groups is 1. The van der Waals surface area contributed by atoms with E-state index in [4.69, 9.17) is 0 Å². The highest BCUT2D eigenvalue weighted by molar-refractivity contribution is 9.10. The minimum absolute atomic E-state index is 0.558. The van der Waals surface area contributed by atoms with Crippen LogP contribution in [0.2, 0.25) is 0 Å². The summed E-state index contributed by atoms with van der Waals surface area (Å²) in [6.07, 6.45) is 0. The molecule has 3 aromatic carbocycles. The fraction of sp³-hybridized carbons (Fsp3) is 0. The molecule has 3 aromatic rings. The Balaban J connectivity index is 1.42. The number of amides is 2. The molecule has 1 aliphatic heterocycles. The van der Waals surface area contributed by atoms with Gasteiger partial charge in [0.2, 0.25) is 0 Å². The van der Waals surface area contributed by atoms with Gasteiger partial charge in [0.15, 0.2) is 0 Å². The first-order valence-corrected chi connectivity index (χ1v) is 11.7. The molecule has 1 heterocycles. The number of carbonyl (C=O) groups is 1. The number of hydrogen-bond donors (Lipinski definition) is 4. The van der Waals surface area contributed by atoms with Crippen LogP contribution in [0.1, 0.15) is 0 Å². The molecule has 0 saturated carbocycles. The monoisotopic (exact) mass is 474 g/mol. The molecule has 28 heavy (non-hydrogen) atoms. The van der Waals surface area contributed by atoms with E-state index in [-0.39, 0.29) is 0 Å². The first kappa shape index (κ1) is 18.9. The summed E-state index contributed by atoms with van der Waals surface area (Å²) < 4.78 is 13.9. The summed E-state index contributed by atoms with van der Waals surface area (Å²) in [6, 6.07) is 22.3. The largest absolute Gasteiger partial charge is 0.356 e. The number of halogens is 1. The van der Waals surface area contributed by atoms with Gasteiger partial charge in [0.25, 0.3) is 0 Å². The molecule has 6 nitrogen and oxygen atoms in total. The van der Waals surface area contributed by atoms with Gasteiger partial charge in [-0.2, -0.15) is 0 Å². The summed E-state index contributed by atoms with van der Waals surface area (Å²) in [5.41, 5.74) is 1.98. The van der Waals surface area contributed by atoms with E-state index >= 15 is 0 Å². The molecule has 1 aliphatic rings. The van der Waals surface area contributed by atoms with Crippen LogP contribution in [0.15, 0.2) is 87.1 Å². The molecule has 0 radical (unpaired) electrons. The van der Waals surface area contributed by atoms with Crippen LogP contribution in [0.4, 0.5) is 21.9 Å². The van der Waals surface area contributed by atoms with Crippen LogP contribution in [0.25, 0.3) is 0 Å². The summed E-state index contributed by atoms with van der Waals surface area (Å²) in [4.78, 5) is 14.3. The van der Waals surface area contributed by atoms with Gasteiger partial charge in [-0.15, -0.1) is 0 Å². The Labute approximate surface area is 175 Å². The third-order valence-corrected chi connectivity index (χ3v) is 7.04. The first-order valence-electron chi connectivity index (χ1n) is 8.37. The lowest BCUT2D eigenvalue weighted by Gasteiger charge is -2.15. The molecule has 0 spiro atoms. The van der Waals surface area contributed by atoms with Crippen molar-refractivity contribution in [2.45, 2.75) is 9.79 Å². The average molecular weight is 475 g/mol. The van der Waals surface area contributed by atoms with Crippen LogP contribution in [0.3, 0.4) is 0 Å². The lowest BCUT2D eigenvalue weighted by atomic mass is 10.3. The second-order valence-electron chi connectivity index (χ2n) is 6.03. The van der Waals surface area contributed by atoms with Gasteiger partial charge in [0, 0.05) is 20.0 Å². The molecule has 0 fully saturated rings. The van der Waals surface area contributed by atoms with E-state index < -0.39 is 13.6 Å². The normalized spacial score (nSPS) is 17.2. The smallest absolute Gasteiger partial charge is 0.308 e. The molecular formula is C19H16BrN4O2PS. The number of anilines is 3. The van der Waals surface area contributed by atoms with Crippen LogP contribution in [0.5, 0.6) is 0 Å². The maximum atomic E-state index is 13.0. The number of nitrogens with one attached hydrogen (secondary N) is 4. The first-order chi connectivity index (χ1) is 13.5. The summed E-state index contributed by atoms with van der Waals surface area (Å²) in [7, 11) is -3.34. The Morgan fingerprint density at radius 2 is 1.61 bits per heavy atom. The second kappa shape index (κ2) is 7.91. The molecule has 142 valence electrons. The van der Waals surface area contributed by atoms with Crippen molar-refractivity contribution < 1.29 is 9.36 Å². The zero-order valence-electron chi connectivity index (χ0n) is 14.5. The molecule has 4 N–H and O–H groups in total. The van der Waals surface area contributed by atoms with Crippen LogP contribution in [-0.4, -0.2) is 6.03 Å². The fourth-order valence-electron chi connectivity index (χ4n) is 2.66. The highest BCUT2D eigenvalue weighted by Gasteiger charge is 2.32. The standard InChI is InChI=1S/C19H16BrN4O2PS/c20-13-6-8-14(9-7-13)21-19(25)24-27(26)22-17-11-10-16(12-18(17)23-27)28-15-4-2-1-3-5-15/h1-12H,(H4,21,22,23,24,25,26). The predicted molar refractivity (Wildman–Crippen MR) is 118 cm³/mol. The van der Waals surface area contributed by atoms with Crippen molar-refractivity contribution >= 4 is 58.4 Å². The molecule has 9 heteroatoms. The van der Waals surface area contributed by atoms with Crippen molar-refractivity contribution in [1.29, 1.82) is 0 Å². The van der Waals surface area contributed by atoms with E-state index in [0.29, 0.717) is 17.1 Å². The maximum absolute atomic E-state index is 13.0. The minimum atomic E-state index is -3.34. The average Bonchev–Trinajstić information content (AvgIpc) is 2.99. The third kappa shape index (κ3) is 4.52. The molecular weight excluding hydrogens is 459 g/mol. The molecule has 0 aromatic heterocycles. The Hall–Kier alpha value is -2.41. The van der Waals surface area contributed by atoms with Gasteiger partial charge in [0.1, 0.15) is 0 Å². The van der Waals surface area contributed by atoms with E-state index in [2.05, 4.69) is 36.5 Å². The Bertz CT molecular complexity index is 1060. The van der Waals surface area contributed by atoms with Crippen LogP contribution >= 0.6 is 35.3 Å². The van der Waals surface area contributed by atoms with E-state index in [9.17, 15) is 9.36 Å². The third-order valence-electron chi connectivity index (χ3n) is 3.89. The number of carbonyl (C=O) groups excluding carboxylic acids is 1. The van der Waals surface area contributed by atoms with Crippen molar-refractivity contribution in [3.8, 4) is 0 Å². The summed E-state index contributed by atoms with van der Waals surface area (Å²) in [6.45, 7) is 0. The molecule has 0 saturated heterocycles. The van der Waals surface area contributed by atoms with Gasteiger partial charge in [-0.05, 0) is 54.6 Å². The fourth-order valence-corrected chi connectivity index (χ4v) is 5.37. The summed E-state index contributed by atoms with van der Waals surface area (Å²) in [5, 5.41) is 11.0. The topological polar surface area (TPSA) is 82.3 Å². The van der Waals surface area contributed by atoms with E-state index in [0.717, 1.165) is 14.3 Å². The molecule has 1 atom stereocenters. The Morgan fingerprint density at radius 1 is 0.893 bits per heavy atom. The SMILES string of the molecule is O=C(Nc1ccc(Br)cc1)NP1(=O)Nc2ccc(Sc3ccccc3)cc2N1. The predicted octanol–water partition coefficient (Wildman–Crippen LogP) is 6.37. The second-order valence-corrected chi connectivity index (χ2v) is 9.98. The lowest BCUT2D eigenvalue weighted by Crippen LogP contribution is -2.29. The quantitative estimate of drug-likeness (QED) is 0.330. The van der Waals surface area contributed by atoms with Gasteiger partial charge in [0.05, 0.1) is 11.4 Å². The van der Waals surface area contributed by atoms with Crippen molar-refractivity contribution in [2.24, 2.45) is 0 Å². The van der Waals surface area contributed by atoms with Crippen molar-refractivity contribution in [1.82, 2.24) is 5.09 Å². The number of fused-ring (bicyclic) bond motifs is 1. The van der Waals surface area contributed by atoms with Gasteiger partial charge in [-0.3, -0.25) is 9.65 Å². The lowest BCUT2D eigenvalue weighted by molar-refractivity contribution is 0.256. The van der Waals surface area contributed by atoms with E-state index in [1.165, 1.54) is 0 Å². The molecule has 2 amide bonds. The van der Waals surface area contributed by atoms with Crippen molar-refractivity contribution in [2.75, 3.05) is 15.5 Å². The van der Waals surface area contributed by atoms with Crippen LogP contribution < -0.4 is 20.6 Å². The number of rotatable bonds is 4. The molecule has 4 rings (SSSR count). The van der Waals surface area contributed by atoms with Gasteiger partial charge in [-0.25, -0.2) is 4.79 Å². The minimum Gasteiger partial charge on any atom is -0.308 e. The highest BCUT2D eigenvalue weighted by atomic mass is 79.9. The van der Waals surface area contributed by atoms with Gasteiger partial charge >= 0.3 is 13.6 Å². The van der Waals surface area contributed by atoms with Crippen molar-refractivity contribution in [3.05, 3.63) is 77.3 Å². The summed E-state index contributed by atoms with van der Waals surface area (Å²) in [5.74, 6) is 0. The zero-order chi connectivity index (χ0) is 19.6. The molecule has 0 aliphatic carbocycles. The highest BCUT2D eigenvalue weighted by Crippen LogP contribution is 2.52. The van der Waals surface area contributed by atoms with Gasteiger partial charge < -0.3 is 15.5 Å². The zero-order valence-corrected chi connectivity index (χ0v) is 17.8. The van der Waals surface area contributed by atoms with Crippen LogP contribution in [-0.2, 0) is 4.57 Å². The molecule has 1 unspecified atom stereocenters. The maximum Gasteiger partial charge on any atom is 0.356 e. The van der Waals surface area contributed by atoms with Gasteiger partial charge in [-0.1, -0.05) is 45.9 Å². The number of benzene rings is 3. The van der Waals surface area contributed by atoms with Crippen molar-refractivity contribution in [3.63, 3.8) is 0 Å². The Kier molecular flexibility index (Phi) is 5.35. The molecule has 0 bridgehead atoms. The van der Waals surface area contributed by atoms with E-state index in [1.54, 1.807) is 23.9 Å². The van der Waals surface area contributed by atoms with E-state index in [1.807, 2.05) is 60.7 Å². The Morgan fingerprint density at radius 3 is 2.36 bits per heavy atom. The number of hydrogen-bond acceptors (Lipinski definition) is 3.